The van der Waals surface area contributed by atoms with Crippen LogP contribution in [0.4, 0.5) is 0 Å². The van der Waals surface area contributed by atoms with Crippen molar-refractivity contribution in [2.24, 2.45) is 0 Å². The van der Waals surface area contributed by atoms with Crippen LogP contribution in [-0.4, -0.2) is 52.7 Å². The van der Waals surface area contributed by atoms with Crippen LogP contribution >= 0.6 is 0 Å². The number of amides is 1. The first-order valence-corrected chi connectivity index (χ1v) is 7.79. The zero-order valence-corrected chi connectivity index (χ0v) is 12.8. The van der Waals surface area contributed by atoms with E-state index < -0.39 is 12.1 Å². The van der Waals surface area contributed by atoms with Gasteiger partial charge in [-0.25, -0.2) is 0 Å². The number of aryl methyl sites for hydroxylation is 1. The summed E-state index contributed by atoms with van der Waals surface area (Å²) >= 11 is 0. The lowest BCUT2D eigenvalue weighted by Gasteiger charge is -2.32. The number of H-pyrrole nitrogens is 1. The molecule has 0 radical (unpaired) electrons. The Labute approximate surface area is 134 Å². The number of rotatable bonds is 5. The molecule has 6 heteroatoms. The number of carboxylic acids is 1. The van der Waals surface area contributed by atoms with Crippen LogP contribution in [0.2, 0.25) is 0 Å². The van der Waals surface area contributed by atoms with Crippen molar-refractivity contribution in [1.29, 1.82) is 0 Å². The van der Waals surface area contributed by atoms with Crippen molar-refractivity contribution in [3.63, 3.8) is 0 Å². The highest BCUT2D eigenvalue weighted by atomic mass is 16.5. The number of hydrogen-bond acceptors (Lipinski definition) is 3. The normalized spacial score (nSPS) is 18.3. The predicted molar refractivity (Wildman–Crippen MR) is 85.2 cm³/mol. The number of ether oxygens (including phenoxy) is 1. The summed E-state index contributed by atoms with van der Waals surface area (Å²) in [5.74, 6) is -0.845. The number of hydrogen-bond donors (Lipinski definition) is 2. The molecule has 1 aromatic heterocycles. The molecule has 6 nitrogen and oxygen atoms in total. The van der Waals surface area contributed by atoms with Gasteiger partial charge in [-0.05, 0) is 35.6 Å². The molecule has 2 aromatic rings. The van der Waals surface area contributed by atoms with E-state index >= 15 is 0 Å². The van der Waals surface area contributed by atoms with Gasteiger partial charge in [-0.15, -0.1) is 0 Å². The number of aromatic amines is 1. The number of fused-ring (bicyclic) bond motifs is 1. The third kappa shape index (κ3) is 3.90. The van der Waals surface area contributed by atoms with E-state index in [9.17, 15) is 9.59 Å². The minimum Gasteiger partial charge on any atom is -0.481 e. The fourth-order valence-corrected chi connectivity index (χ4v) is 2.93. The summed E-state index contributed by atoms with van der Waals surface area (Å²) in [6.45, 7) is 1.30. The van der Waals surface area contributed by atoms with Crippen molar-refractivity contribution in [2.75, 3.05) is 19.7 Å². The van der Waals surface area contributed by atoms with Crippen LogP contribution in [0, 0.1) is 0 Å². The van der Waals surface area contributed by atoms with Gasteiger partial charge in [0.15, 0.2) is 0 Å². The van der Waals surface area contributed by atoms with Crippen LogP contribution in [-0.2, 0) is 20.7 Å². The first-order valence-electron chi connectivity index (χ1n) is 7.79. The summed E-state index contributed by atoms with van der Waals surface area (Å²) in [7, 11) is 0. The van der Waals surface area contributed by atoms with E-state index in [-0.39, 0.29) is 12.3 Å². The van der Waals surface area contributed by atoms with Crippen LogP contribution in [0.15, 0.2) is 30.5 Å². The molecule has 1 aliphatic rings. The molecule has 23 heavy (non-hydrogen) atoms. The number of benzene rings is 1. The SMILES string of the molecule is O=C(O)C[C@@H]1CN(C(=O)CCc2ccc3[nH]ccc3c2)CCO1. The lowest BCUT2D eigenvalue weighted by atomic mass is 10.1. The summed E-state index contributed by atoms with van der Waals surface area (Å²) in [5, 5.41) is 9.97. The Kier molecular flexibility index (Phi) is 4.62. The van der Waals surface area contributed by atoms with Crippen molar-refractivity contribution < 1.29 is 19.4 Å². The fraction of sp³-hybridized carbons (Fsp3) is 0.412. The van der Waals surface area contributed by atoms with Gasteiger partial charge in [-0.1, -0.05) is 6.07 Å². The molecule has 1 aromatic carbocycles. The Morgan fingerprint density at radius 1 is 1.35 bits per heavy atom. The molecule has 1 atom stereocenters. The largest absolute Gasteiger partial charge is 0.481 e. The van der Waals surface area contributed by atoms with Crippen molar-refractivity contribution in [3.05, 3.63) is 36.0 Å². The fourth-order valence-electron chi connectivity index (χ4n) is 2.93. The van der Waals surface area contributed by atoms with Crippen LogP contribution < -0.4 is 0 Å². The number of aromatic nitrogens is 1. The number of morpholine rings is 1. The van der Waals surface area contributed by atoms with Gasteiger partial charge in [0.05, 0.1) is 19.1 Å². The summed E-state index contributed by atoms with van der Waals surface area (Å²) in [6.07, 6.45) is 2.54. The smallest absolute Gasteiger partial charge is 0.306 e. The second kappa shape index (κ2) is 6.83. The monoisotopic (exact) mass is 316 g/mol. The van der Waals surface area contributed by atoms with Crippen molar-refractivity contribution in [2.45, 2.75) is 25.4 Å². The first-order chi connectivity index (χ1) is 11.1. The maximum atomic E-state index is 12.3. The Bertz CT molecular complexity index is 709. The molecule has 3 rings (SSSR count). The Morgan fingerprint density at radius 3 is 3.04 bits per heavy atom. The topological polar surface area (TPSA) is 82.6 Å². The number of carboxylic acid groups (broad SMARTS) is 1. The second-order valence-corrected chi connectivity index (χ2v) is 5.83. The average molecular weight is 316 g/mol. The summed E-state index contributed by atoms with van der Waals surface area (Å²) in [4.78, 5) is 27.9. The minimum absolute atomic E-state index is 0.0536. The summed E-state index contributed by atoms with van der Waals surface area (Å²) < 4.78 is 5.39. The highest BCUT2D eigenvalue weighted by molar-refractivity contribution is 5.80. The van der Waals surface area contributed by atoms with Gasteiger partial charge in [0, 0.05) is 31.2 Å². The molecular formula is C17H20N2O4. The number of carbonyl (C=O) groups is 2. The average Bonchev–Trinajstić information content (AvgIpc) is 3.00. The van der Waals surface area contributed by atoms with Gasteiger partial charge in [0.2, 0.25) is 5.91 Å². The van der Waals surface area contributed by atoms with E-state index in [2.05, 4.69) is 11.1 Å². The van der Waals surface area contributed by atoms with Crippen molar-refractivity contribution in [1.82, 2.24) is 9.88 Å². The molecule has 1 amide bonds. The maximum absolute atomic E-state index is 12.3. The number of aliphatic carboxylic acids is 1. The molecule has 0 spiro atoms. The minimum atomic E-state index is -0.899. The lowest BCUT2D eigenvalue weighted by Crippen LogP contribution is -2.46. The molecule has 0 bridgehead atoms. The highest BCUT2D eigenvalue weighted by Crippen LogP contribution is 2.16. The van der Waals surface area contributed by atoms with E-state index in [4.69, 9.17) is 9.84 Å². The number of nitrogens with one attached hydrogen (secondary N) is 1. The molecular weight excluding hydrogens is 296 g/mol. The molecule has 2 N–H and O–H groups in total. The van der Waals surface area contributed by atoms with Gasteiger partial charge < -0.3 is 19.7 Å². The quantitative estimate of drug-likeness (QED) is 0.881. The summed E-state index contributed by atoms with van der Waals surface area (Å²) in [6, 6.07) is 8.15. The molecule has 1 saturated heterocycles. The third-order valence-corrected chi connectivity index (χ3v) is 4.14. The van der Waals surface area contributed by atoms with Gasteiger partial charge in [-0.3, -0.25) is 9.59 Å². The van der Waals surface area contributed by atoms with E-state index in [1.54, 1.807) is 4.90 Å². The van der Waals surface area contributed by atoms with Crippen LogP contribution in [0.3, 0.4) is 0 Å². The number of carbonyl (C=O) groups excluding carboxylic acids is 1. The van der Waals surface area contributed by atoms with Crippen LogP contribution in [0.5, 0.6) is 0 Å². The molecule has 0 aliphatic carbocycles. The molecule has 2 heterocycles. The maximum Gasteiger partial charge on any atom is 0.306 e. The van der Waals surface area contributed by atoms with Gasteiger partial charge >= 0.3 is 5.97 Å². The van der Waals surface area contributed by atoms with Crippen LogP contribution in [0.25, 0.3) is 10.9 Å². The predicted octanol–water partition coefficient (Wildman–Crippen LogP) is 1.80. The summed E-state index contributed by atoms with van der Waals surface area (Å²) in [5.41, 5.74) is 2.21. The molecule has 1 aliphatic heterocycles. The van der Waals surface area contributed by atoms with E-state index in [0.29, 0.717) is 32.5 Å². The van der Waals surface area contributed by atoms with E-state index in [1.807, 2.05) is 24.4 Å². The molecule has 1 fully saturated rings. The molecule has 0 unspecified atom stereocenters. The Hall–Kier alpha value is -2.34. The zero-order valence-electron chi connectivity index (χ0n) is 12.8. The van der Waals surface area contributed by atoms with E-state index in [1.165, 1.54) is 0 Å². The van der Waals surface area contributed by atoms with Crippen molar-refractivity contribution >= 4 is 22.8 Å². The van der Waals surface area contributed by atoms with Crippen LogP contribution in [0.1, 0.15) is 18.4 Å². The first kappa shape index (κ1) is 15.6. The highest BCUT2D eigenvalue weighted by Gasteiger charge is 2.25. The standard InChI is InChI=1S/C17H20N2O4/c20-16(19-7-8-23-14(11-19)10-17(21)22)4-2-12-1-3-15-13(9-12)5-6-18-15/h1,3,5-6,9,14,18H,2,4,7-8,10-11H2,(H,21,22)/t14-/m1/s1. The lowest BCUT2D eigenvalue weighted by molar-refractivity contribution is -0.147. The van der Waals surface area contributed by atoms with Gasteiger partial charge in [0.1, 0.15) is 0 Å². The van der Waals surface area contributed by atoms with E-state index in [0.717, 1.165) is 16.5 Å². The van der Waals surface area contributed by atoms with Crippen molar-refractivity contribution in [3.8, 4) is 0 Å². The Morgan fingerprint density at radius 2 is 2.22 bits per heavy atom. The van der Waals surface area contributed by atoms with Gasteiger partial charge in [-0.2, -0.15) is 0 Å². The number of nitrogens with zero attached hydrogens (tertiary/aromatic N) is 1. The second-order valence-electron chi connectivity index (χ2n) is 5.83. The molecule has 0 saturated carbocycles. The molecule has 122 valence electrons. The zero-order chi connectivity index (χ0) is 16.2. The van der Waals surface area contributed by atoms with Gasteiger partial charge in [0.25, 0.3) is 0 Å². The Balaban J connectivity index is 1.54. The third-order valence-electron chi connectivity index (χ3n) is 4.14.